The van der Waals surface area contributed by atoms with E-state index < -0.39 is 0 Å². The van der Waals surface area contributed by atoms with E-state index in [-0.39, 0.29) is 6.04 Å². The van der Waals surface area contributed by atoms with Gasteiger partial charge in [-0.25, -0.2) is 0 Å². The van der Waals surface area contributed by atoms with Crippen LogP contribution in [-0.4, -0.2) is 31.1 Å². The summed E-state index contributed by atoms with van der Waals surface area (Å²) in [6.07, 6.45) is 1.16. The zero-order chi connectivity index (χ0) is 19.9. The lowest BCUT2D eigenvalue weighted by Gasteiger charge is -2.33. The minimum absolute atomic E-state index is 0.197. The predicted molar refractivity (Wildman–Crippen MR) is 119 cm³/mol. The molecule has 1 heterocycles. The molecule has 3 aromatic carbocycles. The van der Waals surface area contributed by atoms with Crippen LogP contribution in [0.3, 0.4) is 0 Å². The second kappa shape index (κ2) is 9.73. The summed E-state index contributed by atoms with van der Waals surface area (Å²) in [5.74, 6) is 0.974. The molecular formula is C26H30N2O. The molecule has 4 rings (SSSR count). The molecule has 29 heavy (non-hydrogen) atoms. The Labute approximate surface area is 174 Å². The predicted octanol–water partition coefficient (Wildman–Crippen LogP) is 4.96. The molecule has 150 valence electrons. The van der Waals surface area contributed by atoms with Gasteiger partial charge in [-0.05, 0) is 42.6 Å². The van der Waals surface area contributed by atoms with Crippen molar-refractivity contribution >= 4 is 0 Å². The van der Waals surface area contributed by atoms with Crippen LogP contribution in [-0.2, 0) is 6.61 Å². The molecule has 0 bridgehead atoms. The Morgan fingerprint density at radius 1 is 0.828 bits per heavy atom. The monoisotopic (exact) mass is 386 g/mol. The SMILES string of the molecule is Cc1ccccc1C(c1ccccc1OCc1ccccc1)N1CCCNCC1. The Bertz CT molecular complexity index is 901. The van der Waals surface area contributed by atoms with Crippen LogP contribution in [0.4, 0.5) is 0 Å². The summed E-state index contributed by atoms with van der Waals surface area (Å²) in [6.45, 7) is 7.02. The third-order valence-electron chi connectivity index (χ3n) is 5.67. The number of ether oxygens (including phenoxy) is 1. The molecule has 0 aliphatic carbocycles. The maximum Gasteiger partial charge on any atom is 0.124 e. The Morgan fingerprint density at radius 3 is 2.38 bits per heavy atom. The van der Waals surface area contributed by atoms with Gasteiger partial charge in [-0.15, -0.1) is 0 Å². The lowest BCUT2D eigenvalue weighted by molar-refractivity contribution is 0.229. The first kappa shape index (κ1) is 19.7. The van der Waals surface area contributed by atoms with E-state index in [2.05, 4.69) is 89.9 Å². The van der Waals surface area contributed by atoms with Crippen LogP contribution in [0.1, 0.15) is 34.7 Å². The second-order valence-corrected chi connectivity index (χ2v) is 7.71. The van der Waals surface area contributed by atoms with E-state index >= 15 is 0 Å². The summed E-state index contributed by atoms with van der Waals surface area (Å²) in [6, 6.07) is 27.9. The Morgan fingerprint density at radius 2 is 1.55 bits per heavy atom. The molecule has 0 amide bonds. The van der Waals surface area contributed by atoms with Gasteiger partial charge in [-0.2, -0.15) is 0 Å². The van der Waals surface area contributed by atoms with Gasteiger partial charge in [0, 0.05) is 25.2 Å². The van der Waals surface area contributed by atoms with Crippen molar-refractivity contribution < 1.29 is 4.74 Å². The van der Waals surface area contributed by atoms with Gasteiger partial charge in [0.15, 0.2) is 0 Å². The quantitative estimate of drug-likeness (QED) is 0.648. The summed E-state index contributed by atoms with van der Waals surface area (Å²) in [7, 11) is 0. The van der Waals surface area contributed by atoms with Crippen molar-refractivity contribution in [1.82, 2.24) is 10.2 Å². The van der Waals surface area contributed by atoms with Gasteiger partial charge >= 0.3 is 0 Å². The highest BCUT2D eigenvalue weighted by atomic mass is 16.5. The zero-order valence-electron chi connectivity index (χ0n) is 17.2. The van der Waals surface area contributed by atoms with E-state index in [1.165, 1.54) is 22.3 Å². The van der Waals surface area contributed by atoms with Gasteiger partial charge in [0.1, 0.15) is 12.4 Å². The van der Waals surface area contributed by atoms with E-state index in [0.717, 1.165) is 38.3 Å². The molecule has 0 radical (unpaired) electrons. The number of rotatable bonds is 6. The molecule has 3 nitrogen and oxygen atoms in total. The van der Waals surface area contributed by atoms with Crippen LogP contribution in [0.15, 0.2) is 78.9 Å². The van der Waals surface area contributed by atoms with Crippen molar-refractivity contribution in [2.45, 2.75) is 26.0 Å². The molecule has 1 fully saturated rings. The van der Waals surface area contributed by atoms with Gasteiger partial charge in [0.25, 0.3) is 0 Å². The largest absolute Gasteiger partial charge is 0.489 e. The van der Waals surface area contributed by atoms with Crippen molar-refractivity contribution in [3.05, 3.63) is 101 Å². The molecular weight excluding hydrogens is 356 g/mol. The molecule has 3 aromatic rings. The van der Waals surface area contributed by atoms with Crippen molar-refractivity contribution in [3.63, 3.8) is 0 Å². The summed E-state index contributed by atoms with van der Waals surface area (Å²) >= 11 is 0. The average Bonchev–Trinajstić information content (AvgIpc) is 3.05. The van der Waals surface area contributed by atoms with Crippen LogP contribution >= 0.6 is 0 Å². The Kier molecular flexibility index (Phi) is 6.60. The van der Waals surface area contributed by atoms with Crippen molar-refractivity contribution in [3.8, 4) is 5.75 Å². The van der Waals surface area contributed by atoms with E-state index in [1.54, 1.807) is 0 Å². The zero-order valence-corrected chi connectivity index (χ0v) is 17.2. The highest BCUT2D eigenvalue weighted by Crippen LogP contribution is 2.36. The second-order valence-electron chi connectivity index (χ2n) is 7.71. The maximum atomic E-state index is 6.35. The number of hydrogen-bond donors (Lipinski definition) is 1. The van der Waals surface area contributed by atoms with E-state index in [9.17, 15) is 0 Å². The Hall–Kier alpha value is -2.62. The first-order valence-electron chi connectivity index (χ1n) is 10.6. The van der Waals surface area contributed by atoms with E-state index in [1.807, 2.05) is 6.07 Å². The minimum Gasteiger partial charge on any atom is -0.489 e. The van der Waals surface area contributed by atoms with Crippen LogP contribution in [0.5, 0.6) is 5.75 Å². The lowest BCUT2D eigenvalue weighted by atomic mass is 9.92. The first-order valence-corrected chi connectivity index (χ1v) is 10.6. The van der Waals surface area contributed by atoms with Gasteiger partial charge in [0.2, 0.25) is 0 Å². The van der Waals surface area contributed by atoms with Crippen LogP contribution < -0.4 is 10.1 Å². The third-order valence-corrected chi connectivity index (χ3v) is 5.67. The summed E-state index contributed by atoms with van der Waals surface area (Å²) in [4.78, 5) is 2.60. The normalized spacial score (nSPS) is 16.2. The highest BCUT2D eigenvalue weighted by molar-refractivity contribution is 5.44. The number of para-hydroxylation sites is 1. The molecule has 1 saturated heterocycles. The molecule has 1 aliphatic heterocycles. The molecule has 0 spiro atoms. The molecule has 1 aliphatic rings. The number of aryl methyl sites for hydroxylation is 1. The summed E-state index contributed by atoms with van der Waals surface area (Å²) in [5, 5.41) is 3.54. The molecule has 0 saturated carbocycles. The van der Waals surface area contributed by atoms with E-state index in [4.69, 9.17) is 4.74 Å². The maximum absolute atomic E-state index is 6.35. The van der Waals surface area contributed by atoms with Crippen molar-refractivity contribution in [2.24, 2.45) is 0 Å². The molecule has 3 heteroatoms. The highest BCUT2D eigenvalue weighted by Gasteiger charge is 2.27. The molecule has 1 atom stereocenters. The standard InChI is InChI=1S/C26H30N2O/c1-21-10-5-6-13-23(21)26(28-18-9-16-27-17-19-28)24-14-7-8-15-25(24)29-20-22-11-3-2-4-12-22/h2-8,10-15,26-27H,9,16-20H2,1H3. The smallest absolute Gasteiger partial charge is 0.124 e. The van der Waals surface area contributed by atoms with E-state index in [0.29, 0.717) is 6.61 Å². The number of benzene rings is 3. The fourth-order valence-electron chi connectivity index (χ4n) is 4.15. The van der Waals surface area contributed by atoms with Gasteiger partial charge in [-0.3, -0.25) is 4.90 Å². The number of nitrogens with zero attached hydrogens (tertiary/aromatic N) is 1. The minimum atomic E-state index is 0.197. The fraction of sp³-hybridized carbons (Fsp3) is 0.308. The lowest BCUT2D eigenvalue weighted by Crippen LogP contribution is -2.33. The summed E-state index contributed by atoms with van der Waals surface area (Å²) in [5.41, 5.74) is 5.13. The van der Waals surface area contributed by atoms with Crippen molar-refractivity contribution in [2.75, 3.05) is 26.2 Å². The van der Waals surface area contributed by atoms with Crippen LogP contribution in [0.25, 0.3) is 0 Å². The summed E-state index contributed by atoms with van der Waals surface area (Å²) < 4.78 is 6.35. The van der Waals surface area contributed by atoms with Gasteiger partial charge < -0.3 is 10.1 Å². The van der Waals surface area contributed by atoms with Gasteiger partial charge in [-0.1, -0.05) is 72.8 Å². The van der Waals surface area contributed by atoms with Crippen LogP contribution in [0, 0.1) is 6.92 Å². The topological polar surface area (TPSA) is 24.5 Å². The molecule has 1 N–H and O–H groups in total. The third kappa shape index (κ3) is 4.87. The Balaban J connectivity index is 1.69. The first-order chi connectivity index (χ1) is 14.3. The number of nitrogens with one attached hydrogen (secondary N) is 1. The average molecular weight is 387 g/mol. The van der Waals surface area contributed by atoms with Crippen LogP contribution in [0.2, 0.25) is 0 Å². The molecule has 0 aromatic heterocycles. The van der Waals surface area contributed by atoms with Crippen molar-refractivity contribution in [1.29, 1.82) is 0 Å². The fourth-order valence-corrected chi connectivity index (χ4v) is 4.15. The van der Waals surface area contributed by atoms with Gasteiger partial charge in [0.05, 0.1) is 6.04 Å². The molecule has 1 unspecified atom stereocenters. The number of hydrogen-bond acceptors (Lipinski definition) is 3.